The molecule has 0 amide bonds. The van der Waals surface area contributed by atoms with Crippen molar-refractivity contribution in [3.05, 3.63) is 0 Å². The minimum absolute atomic E-state index is 0.321. The van der Waals surface area contributed by atoms with Crippen LogP contribution in [0.4, 0.5) is 0 Å². The number of unbranched alkanes of at least 4 members (excludes halogenated alkanes) is 3. The number of hydrogen-bond donors (Lipinski definition) is 1. The summed E-state index contributed by atoms with van der Waals surface area (Å²) in [5.74, 6) is 0. The van der Waals surface area contributed by atoms with Crippen molar-refractivity contribution in [3.8, 4) is 0 Å². The molecule has 0 aliphatic heterocycles. The van der Waals surface area contributed by atoms with E-state index in [0.29, 0.717) is 6.61 Å². The SMILES string of the molecule is C[SiH](C)CC[Si](C)(C)CCCCCCO. The van der Waals surface area contributed by atoms with Crippen molar-refractivity contribution in [3.63, 3.8) is 0 Å². The minimum atomic E-state index is -0.854. The van der Waals surface area contributed by atoms with Gasteiger partial charge in [0.2, 0.25) is 0 Å². The summed E-state index contributed by atoms with van der Waals surface area (Å²) >= 11 is 0. The van der Waals surface area contributed by atoms with Gasteiger partial charge in [-0.2, -0.15) is 0 Å². The molecule has 92 valence electrons. The van der Waals surface area contributed by atoms with Crippen LogP contribution in [0.25, 0.3) is 0 Å². The zero-order chi connectivity index (χ0) is 11.7. The molecule has 15 heavy (non-hydrogen) atoms. The van der Waals surface area contributed by atoms with Crippen molar-refractivity contribution in [2.45, 2.75) is 70.0 Å². The van der Waals surface area contributed by atoms with Crippen LogP contribution < -0.4 is 0 Å². The smallest absolute Gasteiger partial charge is 0.0470 e. The molecule has 0 radical (unpaired) electrons. The quantitative estimate of drug-likeness (QED) is 0.485. The Morgan fingerprint density at radius 2 is 1.53 bits per heavy atom. The van der Waals surface area contributed by atoms with Gasteiger partial charge < -0.3 is 5.11 Å². The van der Waals surface area contributed by atoms with E-state index in [1.54, 1.807) is 12.1 Å². The summed E-state index contributed by atoms with van der Waals surface area (Å²) < 4.78 is 0. The van der Waals surface area contributed by atoms with E-state index >= 15 is 0 Å². The number of aliphatic hydroxyl groups is 1. The van der Waals surface area contributed by atoms with Crippen LogP contribution in [0.3, 0.4) is 0 Å². The molecule has 1 N–H and O–H groups in total. The lowest BCUT2D eigenvalue weighted by Gasteiger charge is -2.23. The van der Waals surface area contributed by atoms with Crippen molar-refractivity contribution in [2.75, 3.05) is 6.61 Å². The first-order valence-electron chi connectivity index (χ1n) is 6.59. The fourth-order valence-corrected chi connectivity index (χ4v) is 8.77. The molecule has 0 heterocycles. The molecule has 0 rings (SSSR count). The van der Waals surface area contributed by atoms with Gasteiger partial charge in [0.1, 0.15) is 0 Å². The van der Waals surface area contributed by atoms with Gasteiger partial charge >= 0.3 is 0 Å². The van der Waals surface area contributed by atoms with E-state index in [2.05, 4.69) is 26.2 Å². The van der Waals surface area contributed by atoms with Crippen molar-refractivity contribution in [1.29, 1.82) is 0 Å². The summed E-state index contributed by atoms with van der Waals surface area (Å²) in [5, 5.41) is 8.68. The van der Waals surface area contributed by atoms with Crippen LogP contribution in [0, 0.1) is 0 Å². The highest BCUT2D eigenvalue weighted by Crippen LogP contribution is 2.22. The molecule has 0 aliphatic rings. The van der Waals surface area contributed by atoms with Crippen LogP contribution in [0.5, 0.6) is 0 Å². The molecule has 0 spiro atoms. The predicted octanol–water partition coefficient (Wildman–Crippen LogP) is 3.73. The first-order valence-corrected chi connectivity index (χ1v) is 13.1. The zero-order valence-corrected chi connectivity index (χ0v) is 13.3. The van der Waals surface area contributed by atoms with Crippen LogP contribution >= 0.6 is 0 Å². The lowest BCUT2D eigenvalue weighted by molar-refractivity contribution is 0.283. The molecule has 0 fully saturated rings. The van der Waals surface area contributed by atoms with Gasteiger partial charge in [0, 0.05) is 23.5 Å². The third-order valence-corrected chi connectivity index (χ3v) is 8.53. The van der Waals surface area contributed by atoms with E-state index in [1.807, 2.05) is 0 Å². The Bertz CT molecular complexity index is 147. The molecule has 0 atom stereocenters. The largest absolute Gasteiger partial charge is 0.396 e. The molecule has 0 saturated carbocycles. The monoisotopic (exact) mass is 246 g/mol. The van der Waals surface area contributed by atoms with Crippen molar-refractivity contribution >= 4 is 16.9 Å². The van der Waals surface area contributed by atoms with E-state index < -0.39 is 8.07 Å². The third-order valence-electron chi connectivity index (χ3n) is 3.16. The Balaban J connectivity index is 3.46. The molecule has 0 aromatic rings. The first kappa shape index (κ1) is 15.4. The fourth-order valence-electron chi connectivity index (χ4n) is 1.87. The van der Waals surface area contributed by atoms with Crippen LogP contribution in [0.1, 0.15) is 25.7 Å². The summed E-state index contributed by atoms with van der Waals surface area (Å²) in [7, 11) is -1.18. The topological polar surface area (TPSA) is 20.2 Å². The van der Waals surface area contributed by atoms with Crippen LogP contribution in [0.2, 0.25) is 44.3 Å². The molecule has 0 bridgehead atoms. The van der Waals surface area contributed by atoms with Crippen LogP contribution in [-0.4, -0.2) is 28.6 Å². The molecule has 0 aromatic carbocycles. The second kappa shape index (κ2) is 8.53. The maximum atomic E-state index is 8.68. The summed E-state index contributed by atoms with van der Waals surface area (Å²) in [4.78, 5) is 0. The zero-order valence-electron chi connectivity index (χ0n) is 11.2. The summed E-state index contributed by atoms with van der Waals surface area (Å²) in [5.41, 5.74) is 0. The van der Waals surface area contributed by atoms with E-state index in [4.69, 9.17) is 5.11 Å². The third kappa shape index (κ3) is 10.7. The summed E-state index contributed by atoms with van der Waals surface area (Å²) in [6.07, 6.45) is 4.95. The maximum absolute atomic E-state index is 8.68. The van der Waals surface area contributed by atoms with Crippen LogP contribution in [0.15, 0.2) is 0 Å². The average Bonchev–Trinajstić information content (AvgIpc) is 2.15. The lowest BCUT2D eigenvalue weighted by atomic mass is 10.2. The van der Waals surface area contributed by atoms with Gasteiger partial charge in [-0.1, -0.05) is 63.6 Å². The van der Waals surface area contributed by atoms with Gasteiger partial charge in [0.05, 0.1) is 0 Å². The first-order chi connectivity index (χ1) is 6.98. The van der Waals surface area contributed by atoms with E-state index in [-0.39, 0.29) is 8.80 Å². The average molecular weight is 247 g/mol. The lowest BCUT2D eigenvalue weighted by Crippen LogP contribution is -2.26. The highest BCUT2D eigenvalue weighted by molar-refractivity contribution is 6.78. The molecule has 3 heteroatoms. The van der Waals surface area contributed by atoms with E-state index in [1.165, 1.54) is 25.3 Å². The molecular formula is C12H30OSi2. The second-order valence-corrected chi connectivity index (χ2v) is 14.7. The van der Waals surface area contributed by atoms with Crippen LogP contribution in [-0.2, 0) is 0 Å². The molecule has 0 aliphatic carbocycles. The van der Waals surface area contributed by atoms with Crippen molar-refractivity contribution < 1.29 is 5.11 Å². The molecule has 0 aromatic heterocycles. The van der Waals surface area contributed by atoms with Crippen molar-refractivity contribution in [2.24, 2.45) is 0 Å². The Morgan fingerprint density at radius 3 is 2.07 bits per heavy atom. The normalized spacial score (nSPS) is 12.4. The van der Waals surface area contributed by atoms with Gasteiger partial charge in [-0.05, 0) is 6.42 Å². The maximum Gasteiger partial charge on any atom is 0.0470 e. The van der Waals surface area contributed by atoms with E-state index in [9.17, 15) is 0 Å². The minimum Gasteiger partial charge on any atom is -0.396 e. The molecule has 1 nitrogen and oxygen atoms in total. The van der Waals surface area contributed by atoms with E-state index in [0.717, 1.165) is 6.42 Å². The number of rotatable bonds is 9. The Kier molecular flexibility index (Phi) is 8.76. The molecule has 0 saturated heterocycles. The standard InChI is InChI=1S/C12H30OSi2/c1-14(2)10-12-15(3,4)11-8-6-5-7-9-13/h13-14H,5-12H2,1-4H3. The van der Waals surface area contributed by atoms with Gasteiger partial charge in [-0.3, -0.25) is 0 Å². The Hall–Kier alpha value is 0.394. The number of aliphatic hydroxyl groups excluding tert-OH is 1. The predicted molar refractivity (Wildman–Crippen MR) is 76.3 cm³/mol. The Morgan fingerprint density at radius 1 is 0.933 bits per heavy atom. The summed E-state index contributed by atoms with van der Waals surface area (Å²) in [6, 6.07) is 4.60. The van der Waals surface area contributed by atoms with Crippen molar-refractivity contribution in [1.82, 2.24) is 0 Å². The fraction of sp³-hybridized carbons (Fsp3) is 1.00. The highest BCUT2D eigenvalue weighted by atomic mass is 28.3. The Labute approximate surface area is 98.9 Å². The molecular weight excluding hydrogens is 216 g/mol. The van der Waals surface area contributed by atoms with Gasteiger partial charge in [0.15, 0.2) is 0 Å². The van der Waals surface area contributed by atoms with Gasteiger partial charge in [-0.15, -0.1) is 0 Å². The number of hydrogen-bond acceptors (Lipinski definition) is 1. The van der Waals surface area contributed by atoms with Gasteiger partial charge in [0.25, 0.3) is 0 Å². The summed E-state index contributed by atoms with van der Waals surface area (Å²) in [6.45, 7) is 10.4. The van der Waals surface area contributed by atoms with Gasteiger partial charge in [-0.25, -0.2) is 0 Å². The second-order valence-electron chi connectivity index (χ2n) is 5.98. The molecule has 0 unspecified atom stereocenters. The highest BCUT2D eigenvalue weighted by Gasteiger charge is 2.19.